The van der Waals surface area contributed by atoms with Crippen molar-refractivity contribution in [3.63, 3.8) is 0 Å². The number of aryl methyl sites for hydroxylation is 1. The molecule has 1 aromatic carbocycles. The first-order valence-electron chi connectivity index (χ1n) is 8.00. The average Bonchev–Trinajstić information content (AvgIpc) is 3.00. The number of hydrogen-bond donors (Lipinski definition) is 3. The van der Waals surface area contributed by atoms with E-state index in [9.17, 15) is 14.3 Å². The Morgan fingerprint density at radius 2 is 2.21 bits per heavy atom. The van der Waals surface area contributed by atoms with Crippen LogP contribution in [0.5, 0.6) is 0 Å². The molecule has 1 aliphatic carbocycles. The third-order valence-corrected chi connectivity index (χ3v) is 5.33. The lowest BCUT2D eigenvalue weighted by molar-refractivity contribution is -0.123. The summed E-state index contributed by atoms with van der Waals surface area (Å²) in [5.74, 6) is -0.480. The van der Waals surface area contributed by atoms with Gasteiger partial charge in [0.15, 0.2) is 0 Å². The van der Waals surface area contributed by atoms with Gasteiger partial charge in [0.2, 0.25) is 5.91 Å². The van der Waals surface area contributed by atoms with E-state index in [0.29, 0.717) is 0 Å². The van der Waals surface area contributed by atoms with E-state index in [2.05, 4.69) is 10.3 Å². The molecule has 1 aromatic heterocycles. The summed E-state index contributed by atoms with van der Waals surface area (Å²) in [5, 5.41) is 13.3. The number of halogens is 1. The number of aromatic nitrogens is 1. The molecule has 24 heavy (non-hydrogen) atoms. The van der Waals surface area contributed by atoms with Crippen molar-refractivity contribution >= 4 is 17.2 Å². The Morgan fingerprint density at radius 3 is 2.92 bits per heavy atom. The maximum Gasteiger partial charge on any atom is 0.223 e. The van der Waals surface area contributed by atoms with Crippen molar-refractivity contribution in [1.82, 2.24) is 10.3 Å². The summed E-state index contributed by atoms with van der Waals surface area (Å²) in [6.45, 7) is 0.0681. The number of rotatable bonds is 5. The van der Waals surface area contributed by atoms with Gasteiger partial charge in [-0.2, -0.15) is 0 Å². The predicted octanol–water partition coefficient (Wildman–Crippen LogP) is 2.15. The molecule has 128 valence electrons. The standard InChI is InChI=1S/C17H20FN3O2S/c18-11-6-4-10(5-7-11)17-21-14-3-1-2-13(16(14)24-17)20-15(23)8-12(22)9-19/h4-7,12-13,22H,1-3,8-9,19H2,(H,20,23). The van der Waals surface area contributed by atoms with Crippen molar-refractivity contribution in [2.45, 2.75) is 37.8 Å². The Kier molecular flexibility index (Phi) is 5.23. The van der Waals surface area contributed by atoms with Crippen molar-refractivity contribution in [3.05, 3.63) is 40.7 Å². The third kappa shape index (κ3) is 3.80. The fourth-order valence-electron chi connectivity index (χ4n) is 2.82. The van der Waals surface area contributed by atoms with Gasteiger partial charge < -0.3 is 16.2 Å². The molecule has 2 atom stereocenters. The van der Waals surface area contributed by atoms with Gasteiger partial charge in [-0.1, -0.05) is 0 Å². The molecule has 0 bridgehead atoms. The van der Waals surface area contributed by atoms with Gasteiger partial charge in [0.05, 0.1) is 29.1 Å². The van der Waals surface area contributed by atoms with Crippen LogP contribution in [-0.4, -0.2) is 28.6 Å². The number of amides is 1. The zero-order valence-corrected chi connectivity index (χ0v) is 14.0. The van der Waals surface area contributed by atoms with Gasteiger partial charge in [-0.3, -0.25) is 4.79 Å². The molecular formula is C17H20FN3O2S. The average molecular weight is 349 g/mol. The van der Waals surface area contributed by atoms with Gasteiger partial charge in [0.1, 0.15) is 10.8 Å². The number of nitrogens with two attached hydrogens (primary N) is 1. The van der Waals surface area contributed by atoms with Crippen LogP contribution in [-0.2, 0) is 11.2 Å². The third-order valence-electron chi connectivity index (χ3n) is 4.07. The van der Waals surface area contributed by atoms with E-state index < -0.39 is 6.10 Å². The fourth-order valence-corrected chi connectivity index (χ4v) is 4.03. The van der Waals surface area contributed by atoms with Crippen LogP contribution in [0.25, 0.3) is 10.6 Å². The number of nitrogens with one attached hydrogen (secondary N) is 1. The molecule has 0 aliphatic heterocycles. The molecule has 2 aromatic rings. The molecule has 0 fully saturated rings. The van der Waals surface area contributed by atoms with Crippen molar-refractivity contribution in [3.8, 4) is 10.6 Å². The zero-order chi connectivity index (χ0) is 17.1. The van der Waals surface area contributed by atoms with Crippen LogP contribution >= 0.6 is 11.3 Å². The number of aliphatic hydroxyl groups is 1. The highest BCUT2D eigenvalue weighted by molar-refractivity contribution is 7.15. The molecule has 7 heteroatoms. The summed E-state index contributed by atoms with van der Waals surface area (Å²) in [6.07, 6.45) is 1.87. The van der Waals surface area contributed by atoms with Gasteiger partial charge in [0.25, 0.3) is 0 Å². The van der Waals surface area contributed by atoms with Crippen molar-refractivity contribution in [1.29, 1.82) is 0 Å². The number of thiazole rings is 1. The van der Waals surface area contributed by atoms with Crippen molar-refractivity contribution in [2.24, 2.45) is 5.73 Å². The van der Waals surface area contributed by atoms with Crippen LogP contribution in [0.4, 0.5) is 4.39 Å². The van der Waals surface area contributed by atoms with Gasteiger partial charge in [0, 0.05) is 12.1 Å². The number of carbonyl (C=O) groups is 1. The molecule has 0 radical (unpaired) electrons. The number of benzene rings is 1. The van der Waals surface area contributed by atoms with Crippen molar-refractivity contribution in [2.75, 3.05) is 6.54 Å². The van der Waals surface area contributed by atoms with E-state index in [-0.39, 0.29) is 30.7 Å². The first-order chi connectivity index (χ1) is 11.6. The first kappa shape index (κ1) is 17.0. The van der Waals surface area contributed by atoms with Gasteiger partial charge >= 0.3 is 0 Å². The largest absolute Gasteiger partial charge is 0.391 e. The number of hydrogen-bond acceptors (Lipinski definition) is 5. The normalized spacial score (nSPS) is 18.0. The summed E-state index contributed by atoms with van der Waals surface area (Å²) in [4.78, 5) is 17.7. The minimum absolute atomic E-state index is 0.00591. The van der Waals surface area contributed by atoms with E-state index in [1.165, 1.54) is 23.5 Å². The summed E-state index contributed by atoms with van der Waals surface area (Å²) < 4.78 is 13.1. The molecule has 3 rings (SSSR count). The van der Waals surface area contributed by atoms with Crippen LogP contribution in [0.15, 0.2) is 24.3 Å². The maximum atomic E-state index is 13.1. The second-order valence-electron chi connectivity index (χ2n) is 5.94. The number of aliphatic hydroxyl groups excluding tert-OH is 1. The Hall–Kier alpha value is -1.83. The second-order valence-corrected chi connectivity index (χ2v) is 6.97. The molecule has 5 nitrogen and oxygen atoms in total. The molecule has 0 saturated carbocycles. The molecule has 0 saturated heterocycles. The van der Waals surface area contributed by atoms with E-state index in [4.69, 9.17) is 5.73 Å². The van der Waals surface area contributed by atoms with E-state index in [0.717, 1.165) is 40.4 Å². The minimum Gasteiger partial charge on any atom is -0.391 e. The highest BCUT2D eigenvalue weighted by Crippen LogP contribution is 2.38. The molecule has 1 amide bonds. The molecule has 1 heterocycles. The summed E-state index contributed by atoms with van der Waals surface area (Å²) in [6, 6.07) is 6.18. The Balaban J connectivity index is 1.78. The zero-order valence-electron chi connectivity index (χ0n) is 13.2. The van der Waals surface area contributed by atoms with Crippen LogP contribution in [0.2, 0.25) is 0 Å². The molecule has 2 unspecified atom stereocenters. The van der Waals surface area contributed by atoms with Gasteiger partial charge in [-0.25, -0.2) is 9.37 Å². The summed E-state index contributed by atoms with van der Waals surface area (Å²) in [5.41, 5.74) is 7.21. The van der Waals surface area contributed by atoms with Crippen LogP contribution in [0.3, 0.4) is 0 Å². The van der Waals surface area contributed by atoms with E-state index in [1.807, 2.05) is 0 Å². The van der Waals surface area contributed by atoms with E-state index >= 15 is 0 Å². The molecule has 0 spiro atoms. The Labute approximate surface area is 143 Å². The van der Waals surface area contributed by atoms with Gasteiger partial charge in [-0.05, 0) is 43.5 Å². The topological polar surface area (TPSA) is 88.2 Å². The predicted molar refractivity (Wildman–Crippen MR) is 91.0 cm³/mol. The van der Waals surface area contributed by atoms with Crippen LogP contribution in [0.1, 0.15) is 35.9 Å². The number of nitrogens with zero attached hydrogens (tertiary/aromatic N) is 1. The number of carbonyl (C=O) groups excluding carboxylic acids is 1. The number of fused-ring (bicyclic) bond motifs is 1. The van der Waals surface area contributed by atoms with Gasteiger partial charge in [-0.15, -0.1) is 11.3 Å². The Bertz CT molecular complexity index is 717. The molecule has 1 aliphatic rings. The lowest BCUT2D eigenvalue weighted by Crippen LogP contribution is -2.34. The summed E-state index contributed by atoms with van der Waals surface area (Å²) in [7, 11) is 0. The highest BCUT2D eigenvalue weighted by atomic mass is 32.1. The fraction of sp³-hybridized carbons (Fsp3) is 0.412. The van der Waals surface area contributed by atoms with Crippen LogP contribution < -0.4 is 11.1 Å². The van der Waals surface area contributed by atoms with Crippen molar-refractivity contribution < 1.29 is 14.3 Å². The SMILES string of the molecule is NCC(O)CC(=O)NC1CCCc2nc(-c3ccc(F)cc3)sc21. The maximum absolute atomic E-state index is 13.1. The molecular weight excluding hydrogens is 329 g/mol. The monoisotopic (exact) mass is 349 g/mol. The lowest BCUT2D eigenvalue weighted by Gasteiger charge is -2.22. The molecule has 4 N–H and O–H groups in total. The minimum atomic E-state index is -0.815. The van der Waals surface area contributed by atoms with Crippen LogP contribution in [0, 0.1) is 5.82 Å². The smallest absolute Gasteiger partial charge is 0.223 e. The lowest BCUT2D eigenvalue weighted by atomic mass is 9.98. The first-order valence-corrected chi connectivity index (χ1v) is 8.81. The Morgan fingerprint density at radius 1 is 1.46 bits per heavy atom. The summed E-state index contributed by atoms with van der Waals surface area (Å²) >= 11 is 1.53. The highest BCUT2D eigenvalue weighted by Gasteiger charge is 2.26. The second kappa shape index (κ2) is 7.38. The quantitative estimate of drug-likeness (QED) is 0.772. The van der Waals surface area contributed by atoms with E-state index in [1.54, 1.807) is 12.1 Å².